The zero-order chi connectivity index (χ0) is 31.1. The Morgan fingerprint density at radius 3 is 2.30 bits per heavy atom. The van der Waals surface area contributed by atoms with Gasteiger partial charge >= 0.3 is 0 Å². The van der Waals surface area contributed by atoms with Crippen LogP contribution in [-0.2, 0) is 11.3 Å². The van der Waals surface area contributed by atoms with Gasteiger partial charge in [0.15, 0.2) is 5.82 Å². The molecule has 10 nitrogen and oxygen atoms in total. The molecule has 226 valence electrons. The van der Waals surface area contributed by atoms with Gasteiger partial charge in [-0.05, 0) is 74.0 Å². The Labute approximate surface area is 257 Å². The summed E-state index contributed by atoms with van der Waals surface area (Å²) < 4.78 is 17.3. The van der Waals surface area contributed by atoms with E-state index in [1.165, 1.54) is 6.92 Å². The quantitative estimate of drug-likeness (QED) is 0.248. The molecule has 1 aromatic heterocycles. The lowest BCUT2D eigenvalue weighted by atomic mass is 10.00. The molecule has 0 bridgehead atoms. The SMILES string of the molecule is CC(=O)NCCNC(=O)c1ccc(S(C)(C)O)cc1.COc1ccc2c(c1)C(c1ccc(Cl)cc1)=NCc1nnc(C)n1-2. The maximum atomic E-state index is 11.8. The summed E-state index contributed by atoms with van der Waals surface area (Å²) >= 11 is 6.02. The Hall–Kier alpha value is -4.19. The third-order valence-electron chi connectivity index (χ3n) is 6.57. The van der Waals surface area contributed by atoms with Crippen molar-refractivity contribution in [2.75, 3.05) is 32.7 Å². The van der Waals surface area contributed by atoms with E-state index in [9.17, 15) is 14.1 Å². The number of rotatable bonds is 7. The summed E-state index contributed by atoms with van der Waals surface area (Å²) in [7, 11) is -0.0952. The Morgan fingerprint density at radius 2 is 1.67 bits per heavy atom. The van der Waals surface area contributed by atoms with Gasteiger partial charge in [-0.1, -0.05) is 23.7 Å². The lowest BCUT2D eigenvalue weighted by molar-refractivity contribution is -0.118. The average Bonchev–Trinajstić information content (AvgIpc) is 3.26. The minimum Gasteiger partial charge on any atom is -0.497 e. The van der Waals surface area contributed by atoms with Crippen LogP contribution in [0.15, 0.2) is 76.6 Å². The molecule has 0 spiro atoms. The van der Waals surface area contributed by atoms with E-state index in [1.807, 2.05) is 54.0 Å². The molecule has 0 radical (unpaired) electrons. The monoisotopic (exact) mass is 622 g/mol. The number of nitrogens with zero attached hydrogens (tertiary/aromatic N) is 4. The Morgan fingerprint density at radius 1 is 1.00 bits per heavy atom. The van der Waals surface area contributed by atoms with Crippen molar-refractivity contribution in [2.45, 2.75) is 25.3 Å². The standard InChI is InChI=1S/C18H15ClN4O.C13H20N2O3S/c1-11-21-22-17-10-20-18(12-3-5-13(19)6-4-12)15-9-14(24-2)7-8-16(15)23(11)17;1-10(16)14-8-9-15-13(17)11-4-6-12(7-5-11)19(2,3)18/h3-9H,10H2,1-2H3;4-7,18H,8-9H2,1-3H3,(H,14,16)(H,15,17). The number of ether oxygens (including phenoxy) is 1. The number of nitrogens with one attached hydrogen (secondary N) is 2. The van der Waals surface area contributed by atoms with Gasteiger partial charge in [0.25, 0.3) is 5.91 Å². The molecule has 43 heavy (non-hydrogen) atoms. The molecule has 5 rings (SSSR count). The minimum atomic E-state index is -1.75. The van der Waals surface area contributed by atoms with Crippen LogP contribution in [0.4, 0.5) is 0 Å². The van der Waals surface area contributed by atoms with Gasteiger partial charge in [0.1, 0.15) is 18.1 Å². The smallest absolute Gasteiger partial charge is 0.251 e. The molecule has 2 amide bonds. The maximum absolute atomic E-state index is 11.8. The second kappa shape index (κ2) is 13.9. The highest BCUT2D eigenvalue weighted by Crippen LogP contribution is 2.44. The van der Waals surface area contributed by atoms with Crippen LogP contribution in [0, 0.1) is 6.92 Å². The number of halogens is 1. The van der Waals surface area contributed by atoms with Crippen molar-refractivity contribution in [3.05, 3.63) is 100 Å². The van der Waals surface area contributed by atoms with Gasteiger partial charge < -0.3 is 19.9 Å². The number of hydrogen-bond donors (Lipinski definition) is 3. The zero-order valence-electron chi connectivity index (χ0n) is 24.7. The molecule has 0 atom stereocenters. The van der Waals surface area contributed by atoms with Crippen molar-refractivity contribution in [1.82, 2.24) is 25.4 Å². The number of aliphatic imine (C=N–C) groups is 1. The van der Waals surface area contributed by atoms with Crippen LogP contribution in [-0.4, -0.2) is 69.6 Å². The maximum Gasteiger partial charge on any atom is 0.251 e. The fraction of sp³-hybridized carbons (Fsp3) is 0.258. The van der Waals surface area contributed by atoms with E-state index in [2.05, 4.69) is 20.8 Å². The molecule has 12 heteroatoms. The number of carbonyl (C=O) groups is 2. The van der Waals surface area contributed by atoms with Gasteiger partial charge in [-0.25, -0.2) is 0 Å². The third kappa shape index (κ3) is 8.01. The molecule has 0 unspecified atom stereocenters. The molecule has 4 aromatic rings. The van der Waals surface area contributed by atoms with E-state index in [1.54, 1.807) is 43.9 Å². The first-order valence-electron chi connectivity index (χ1n) is 13.5. The fourth-order valence-electron chi connectivity index (χ4n) is 4.39. The second-order valence-corrected chi connectivity index (χ2v) is 13.5. The molecular weight excluding hydrogens is 588 g/mol. The lowest BCUT2D eigenvalue weighted by Crippen LogP contribution is -2.33. The molecule has 1 aliphatic rings. The highest BCUT2D eigenvalue weighted by molar-refractivity contribution is 8.28. The van der Waals surface area contributed by atoms with Crippen molar-refractivity contribution in [2.24, 2.45) is 4.99 Å². The normalized spacial score (nSPS) is 12.4. The van der Waals surface area contributed by atoms with Crippen molar-refractivity contribution in [3.8, 4) is 11.4 Å². The Kier molecular flexibility index (Phi) is 10.2. The number of methoxy groups -OCH3 is 1. The molecule has 0 saturated carbocycles. The topological polar surface area (TPSA) is 131 Å². The van der Waals surface area contributed by atoms with Gasteiger partial charge in [-0.2, -0.15) is 0 Å². The largest absolute Gasteiger partial charge is 0.497 e. The van der Waals surface area contributed by atoms with Crippen molar-refractivity contribution >= 4 is 39.4 Å². The molecule has 0 fully saturated rings. The molecule has 1 aliphatic heterocycles. The van der Waals surface area contributed by atoms with Gasteiger partial charge in [0.2, 0.25) is 5.91 Å². The highest BCUT2D eigenvalue weighted by atomic mass is 35.5. The molecule has 3 aromatic carbocycles. The van der Waals surface area contributed by atoms with Crippen LogP contribution in [0.2, 0.25) is 5.02 Å². The first-order valence-corrected chi connectivity index (χ1v) is 16.2. The van der Waals surface area contributed by atoms with E-state index in [-0.39, 0.29) is 11.8 Å². The molecule has 0 saturated heterocycles. The highest BCUT2D eigenvalue weighted by Gasteiger charge is 2.22. The van der Waals surface area contributed by atoms with Crippen LogP contribution < -0.4 is 15.4 Å². The second-order valence-electron chi connectivity index (χ2n) is 10.1. The molecular formula is C31H35ClN6O4S. The lowest BCUT2D eigenvalue weighted by Gasteiger charge is -2.23. The average molecular weight is 623 g/mol. The number of carbonyl (C=O) groups excluding carboxylic acids is 2. The first kappa shape index (κ1) is 31.7. The van der Waals surface area contributed by atoms with Crippen LogP contribution in [0.3, 0.4) is 0 Å². The number of aromatic nitrogens is 3. The van der Waals surface area contributed by atoms with Crippen molar-refractivity contribution < 1.29 is 18.9 Å². The van der Waals surface area contributed by atoms with E-state index in [0.29, 0.717) is 30.2 Å². The zero-order valence-corrected chi connectivity index (χ0v) is 26.3. The predicted octanol–water partition coefficient (Wildman–Crippen LogP) is 5.04. The molecule has 2 heterocycles. The predicted molar refractivity (Wildman–Crippen MR) is 171 cm³/mol. The van der Waals surface area contributed by atoms with Crippen LogP contribution in [0.1, 0.15) is 40.1 Å². The van der Waals surface area contributed by atoms with Gasteiger partial charge in [0, 0.05) is 46.6 Å². The summed E-state index contributed by atoms with van der Waals surface area (Å²) in [4.78, 5) is 28.0. The molecule has 3 N–H and O–H groups in total. The summed E-state index contributed by atoms with van der Waals surface area (Å²) in [6.45, 7) is 4.64. The van der Waals surface area contributed by atoms with Gasteiger partial charge in [-0.3, -0.25) is 19.1 Å². The summed E-state index contributed by atoms with van der Waals surface area (Å²) in [5.74, 6) is 2.13. The number of aryl methyl sites for hydroxylation is 1. The Bertz CT molecular complexity index is 1630. The van der Waals surface area contributed by atoms with Crippen LogP contribution in [0.5, 0.6) is 5.75 Å². The first-order chi connectivity index (χ1) is 20.5. The third-order valence-corrected chi connectivity index (χ3v) is 8.24. The number of benzene rings is 3. The summed E-state index contributed by atoms with van der Waals surface area (Å²) in [6.07, 6.45) is 3.55. The van der Waals surface area contributed by atoms with E-state index in [0.717, 1.165) is 44.8 Å². The van der Waals surface area contributed by atoms with E-state index >= 15 is 0 Å². The van der Waals surface area contributed by atoms with Crippen molar-refractivity contribution in [3.63, 3.8) is 0 Å². The number of hydrogen-bond acceptors (Lipinski definition) is 7. The van der Waals surface area contributed by atoms with E-state index < -0.39 is 10.3 Å². The number of fused-ring (bicyclic) bond motifs is 3. The van der Waals surface area contributed by atoms with Crippen LogP contribution in [0.25, 0.3) is 5.69 Å². The Balaban J connectivity index is 0.000000204. The van der Waals surface area contributed by atoms with Gasteiger partial charge in [0.05, 0.1) is 18.5 Å². The summed E-state index contributed by atoms with van der Waals surface area (Å²) in [6, 6.07) is 20.5. The van der Waals surface area contributed by atoms with Gasteiger partial charge in [-0.15, -0.1) is 20.5 Å². The summed E-state index contributed by atoms with van der Waals surface area (Å²) in [5.41, 5.74) is 4.42. The summed E-state index contributed by atoms with van der Waals surface area (Å²) in [5, 5.41) is 14.4. The fourth-order valence-corrected chi connectivity index (χ4v) is 5.32. The minimum absolute atomic E-state index is 0.119. The van der Waals surface area contributed by atoms with Crippen LogP contribution >= 0.6 is 21.9 Å². The van der Waals surface area contributed by atoms with E-state index in [4.69, 9.17) is 21.3 Å². The van der Waals surface area contributed by atoms with Crippen molar-refractivity contribution in [1.29, 1.82) is 0 Å². The molecule has 0 aliphatic carbocycles. The number of amides is 2.